The zero-order chi connectivity index (χ0) is 14.5. The van der Waals surface area contributed by atoms with Crippen LogP contribution in [0.2, 0.25) is 0 Å². The summed E-state index contributed by atoms with van der Waals surface area (Å²) in [7, 11) is 0. The number of carboxylic acid groups (broad SMARTS) is 1. The maximum atomic E-state index is 11.7. The summed E-state index contributed by atoms with van der Waals surface area (Å²) >= 11 is 0. The zero-order valence-electron chi connectivity index (χ0n) is 10.4. The average molecular weight is 275 g/mol. The SMILES string of the molecule is O=C(NC[C@H](O)C(=O)O)c1ccc(-n2cccn2)cc1. The summed E-state index contributed by atoms with van der Waals surface area (Å²) in [6.45, 7) is -0.338. The third-order valence-electron chi connectivity index (χ3n) is 2.64. The van der Waals surface area contributed by atoms with E-state index in [0.29, 0.717) is 5.56 Å². The number of nitrogens with one attached hydrogen (secondary N) is 1. The number of hydrogen-bond acceptors (Lipinski definition) is 4. The number of carbonyl (C=O) groups excluding carboxylic acids is 1. The Hall–Kier alpha value is -2.67. The fourth-order valence-corrected chi connectivity index (χ4v) is 1.57. The normalized spacial score (nSPS) is 11.8. The van der Waals surface area contributed by atoms with Crippen molar-refractivity contribution >= 4 is 11.9 Å². The second kappa shape index (κ2) is 5.98. The fourth-order valence-electron chi connectivity index (χ4n) is 1.57. The molecule has 1 amide bonds. The van der Waals surface area contributed by atoms with Crippen LogP contribution in [0.1, 0.15) is 10.4 Å². The maximum Gasteiger partial charge on any atom is 0.334 e. The molecule has 0 saturated carbocycles. The third kappa shape index (κ3) is 3.21. The molecule has 0 bridgehead atoms. The van der Waals surface area contributed by atoms with Gasteiger partial charge < -0.3 is 15.5 Å². The topological polar surface area (TPSA) is 104 Å². The van der Waals surface area contributed by atoms with Gasteiger partial charge in [-0.1, -0.05) is 0 Å². The van der Waals surface area contributed by atoms with Gasteiger partial charge in [0.2, 0.25) is 0 Å². The minimum absolute atomic E-state index is 0.338. The molecule has 0 fully saturated rings. The molecule has 1 heterocycles. The Balaban J connectivity index is 1.99. The minimum atomic E-state index is -1.61. The van der Waals surface area contributed by atoms with E-state index in [9.17, 15) is 9.59 Å². The molecule has 0 aliphatic carbocycles. The van der Waals surface area contributed by atoms with Crippen LogP contribution in [0, 0.1) is 0 Å². The van der Waals surface area contributed by atoms with Crippen molar-refractivity contribution in [1.29, 1.82) is 0 Å². The van der Waals surface area contributed by atoms with Crippen molar-refractivity contribution in [2.75, 3.05) is 6.54 Å². The second-order valence-electron chi connectivity index (χ2n) is 4.06. The Labute approximate surface area is 114 Å². The number of carbonyl (C=O) groups is 2. The van der Waals surface area contributed by atoms with E-state index >= 15 is 0 Å². The summed E-state index contributed by atoms with van der Waals surface area (Å²) in [5.74, 6) is -1.82. The first-order chi connectivity index (χ1) is 9.58. The smallest absolute Gasteiger partial charge is 0.334 e. The van der Waals surface area contributed by atoms with Crippen LogP contribution in [-0.4, -0.2) is 44.5 Å². The van der Waals surface area contributed by atoms with Gasteiger partial charge in [-0.25, -0.2) is 9.48 Å². The van der Waals surface area contributed by atoms with Crippen LogP contribution in [0.3, 0.4) is 0 Å². The standard InChI is InChI=1S/C13H13N3O4/c17-11(13(19)20)8-14-12(18)9-2-4-10(5-3-9)16-7-1-6-15-16/h1-7,11,17H,8H2,(H,14,18)(H,19,20)/t11-/m0/s1. The van der Waals surface area contributed by atoms with Crippen molar-refractivity contribution in [3.05, 3.63) is 48.3 Å². The largest absolute Gasteiger partial charge is 0.479 e. The third-order valence-corrected chi connectivity index (χ3v) is 2.64. The molecule has 7 heteroatoms. The van der Waals surface area contributed by atoms with Gasteiger partial charge in [0.15, 0.2) is 6.10 Å². The fraction of sp³-hybridized carbons (Fsp3) is 0.154. The number of aliphatic hydroxyl groups is 1. The van der Waals surface area contributed by atoms with Gasteiger partial charge in [0.25, 0.3) is 5.91 Å². The van der Waals surface area contributed by atoms with Crippen LogP contribution in [-0.2, 0) is 4.79 Å². The van der Waals surface area contributed by atoms with E-state index in [4.69, 9.17) is 10.2 Å². The van der Waals surface area contributed by atoms with Crippen LogP contribution < -0.4 is 5.32 Å². The second-order valence-corrected chi connectivity index (χ2v) is 4.06. The Morgan fingerprint density at radius 3 is 2.55 bits per heavy atom. The van der Waals surface area contributed by atoms with E-state index in [1.807, 2.05) is 0 Å². The number of nitrogens with zero attached hydrogens (tertiary/aromatic N) is 2. The van der Waals surface area contributed by atoms with Gasteiger partial charge in [-0.15, -0.1) is 0 Å². The van der Waals surface area contributed by atoms with E-state index < -0.39 is 18.0 Å². The molecule has 1 aromatic heterocycles. The number of amides is 1. The molecular weight excluding hydrogens is 262 g/mol. The predicted octanol–water partition coefficient (Wildman–Crippen LogP) is 0.0476. The molecule has 0 unspecified atom stereocenters. The van der Waals surface area contributed by atoms with E-state index in [0.717, 1.165) is 5.69 Å². The highest BCUT2D eigenvalue weighted by atomic mass is 16.4. The molecule has 0 saturated heterocycles. The van der Waals surface area contributed by atoms with Gasteiger partial charge >= 0.3 is 5.97 Å². The first-order valence-electron chi connectivity index (χ1n) is 5.87. The van der Waals surface area contributed by atoms with Crippen LogP contribution in [0.25, 0.3) is 5.69 Å². The first-order valence-corrected chi connectivity index (χ1v) is 5.87. The summed E-state index contributed by atoms with van der Waals surface area (Å²) in [6, 6.07) is 8.41. The van der Waals surface area contributed by atoms with E-state index in [2.05, 4.69) is 10.4 Å². The van der Waals surface area contributed by atoms with Gasteiger partial charge in [-0.05, 0) is 30.3 Å². The Morgan fingerprint density at radius 1 is 1.30 bits per heavy atom. The maximum absolute atomic E-state index is 11.7. The van der Waals surface area contributed by atoms with Crippen molar-refractivity contribution < 1.29 is 19.8 Å². The van der Waals surface area contributed by atoms with E-state index in [-0.39, 0.29) is 6.54 Å². The van der Waals surface area contributed by atoms with Gasteiger partial charge in [-0.3, -0.25) is 4.79 Å². The van der Waals surface area contributed by atoms with Crippen molar-refractivity contribution in [3.8, 4) is 5.69 Å². The molecule has 7 nitrogen and oxygen atoms in total. The number of carboxylic acids is 1. The highest BCUT2D eigenvalue weighted by Crippen LogP contribution is 2.08. The monoisotopic (exact) mass is 275 g/mol. The van der Waals surface area contributed by atoms with Gasteiger partial charge in [-0.2, -0.15) is 5.10 Å². The lowest BCUT2D eigenvalue weighted by molar-refractivity contribution is -0.146. The lowest BCUT2D eigenvalue weighted by Gasteiger charge is -2.08. The molecule has 0 aliphatic heterocycles. The number of aromatic nitrogens is 2. The molecule has 0 aliphatic rings. The van der Waals surface area contributed by atoms with Gasteiger partial charge in [0.05, 0.1) is 12.2 Å². The molecule has 20 heavy (non-hydrogen) atoms. The summed E-state index contributed by atoms with van der Waals surface area (Å²) in [6.07, 6.45) is 1.81. The lowest BCUT2D eigenvalue weighted by atomic mass is 10.2. The molecule has 0 radical (unpaired) electrons. The van der Waals surface area contributed by atoms with E-state index in [1.54, 1.807) is 47.4 Å². The number of aliphatic hydroxyl groups excluding tert-OH is 1. The summed E-state index contributed by atoms with van der Waals surface area (Å²) in [4.78, 5) is 22.1. The molecule has 0 spiro atoms. The summed E-state index contributed by atoms with van der Waals surface area (Å²) in [5.41, 5.74) is 1.18. The molecule has 1 atom stereocenters. The molecule has 104 valence electrons. The number of hydrogen-bond donors (Lipinski definition) is 3. The van der Waals surface area contributed by atoms with Gasteiger partial charge in [0, 0.05) is 18.0 Å². The number of rotatable bonds is 5. The van der Waals surface area contributed by atoms with Gasteiger partial charge in [0.1, 0.15) is 0 Å². The summed E-state index contributed by atoms with van der Waals surface area (Å²) in [5, 5.41) is 24.0. The van der Waals surface area contributed by atoms with Crippen LogP contribution in [0.15, 0.2) is 42.7 Å². The van der Waals surface area contributed by atoms with E-state index in [1.165, 1.54) is 0 Å². The Morgan fingerprint density at radius 2 is 2.00 bits per heavy atom. The molecule has 2 rings (SSSR count). The van der Waals surface area contributed by atoms with Crippen LogP contribution in [0.5, 0.6) is 0 Å². The molecule has 1 aromatic carbocycles. The quantitative estimate of drug-likeness (QED) is 0.715. The number of aliphatic carboxylic acids is 1. The zero-order valence-corrected chi connectivity index (χ0v) is 10.4. The van der Waals surface area contributed by atoms with Crippen molar-refractivity contribution in [2.24, 2.45) is 0 Å². The highest BCUT2D eigenvalue weighted by molar-refractivity contribution is 5.94. The van der Waals surface area contributed by atoms with Crippen molar-refractivity contribution in [1.82, 2.24) is 15.1 Å². The Bertz CT molecular complexity index is 593. The van der Waals surface area contributed by atoms with Crippen molar-refractivity contribution in [3.63, 3.8) is 0 Å². The molecular formula is C13H13N3O4. The molecule has 3 N–H and O–H groups in total. The Kier molecular flexibility index (Phi) is 4.11. The van der Waals surface area contributed by atoms with Crippen LogP contribution in [0.4, 0.5) is 0 Å². The first kappa shape index (κ1) is 13.8. The minimum Gasteiger partial charge on any atom is -0.479 e. The van der Waals surface area contributed by atoms with Crippen LogP contribution >= 0.6 is 0 Å². The predicted molar refractivity (Wildman–Crippen MR) is 69.5 cm³/mol. The number of benzene rings is 1. The molecule has 2 aromatic rings. The lowest BCUT2D eigenvalue weighted by Crippen LogP contribution is -2.36. The van der Waals surface area contributed by atoms with Crippen molar-refractivity contribution in [2.45, 2.75) is 6.10 Å². The highest BCUT2D eigenvalue weighted by Gasteiger charge is 2.14. The summed E-state index contributed by atoms with van der Waals surface area (Å²) < 4.78 is 1.65. The average Bonchev–Trinajstić information content (AvgIpc) is 2.98.